The van der Waals surface area contributed by atoms with Crippen LogP contribution in [0.4, 0.5) is 0 Å². The molecule has 58 valence electrons. The van der Waals surface area contributed by atoms with E-state index in [9.17, 15) is 4.79 Å². The third-order valence-corrected chi connectivity index (χ3v) is 1.57. The first-order valence-electron chi connectivity index (χ1n) is 3.20. The minimum Gasteiger partial charge on any atom is -0.467 e. The van der Waals surface area contributed by atoms with Crippen LogP contribution in [0.15, 0.2) is 0 Å². The summed E-state index contributed by atoms with van der Waals surface area (Å²) in [6.45, 7) is 0.556. The molecule has 10 heavy (non-hydrogen) atoms. The van der Waals surface area contributed by atoms with Crippen molar-refractivity contribution in [3.8, 4) is 0 Å². The lowest BCUT2D eigenvalue weighted by atomic mass is 10.1. The molecule has 1 rings (SSSR count). The summed E-state index contributed by atoms with van der Waals surface area (Å²) >= 11 is 0. The predicted molar refractivity (Wildman–Crippen MR) is 34.3 cm³/mol. The summed E-state index contributed by atoms with van der Waals surface area (Å²) in [4.78, 5) is 10.8. The Hall–Kier alpha value is -0.610. The quantitative estimate of drug-likeness (QED) is 0.494. The van der Waals surface area contributed by atoms with Crippen LogP contribution in [0.1, 0.15) is 6.42 Å². The number of hydrogen-bond acceptors (Lipinski definition) is 4. The number of esters is 1. The number of hydrogen-bond donors (Lipinski definition) is 1. The first kappa shape index (κ1) is 7.50. The standard InChI is InChI=1S/C6H11NO3/c1-9-6(8)5-4(7)2-3-10-5/h4-5H,2-3,7H2,1H3/t4-,5+/m0/s1. The monoisotopic (exact) mass is 145 g/mol. The van der Waals surface area contributed by atoms with E-state index in [0.717, 1.165) is 6.42 Å². The van der Waals surface area contributed by atoms with Gasteiger partial charge in [0.15, 0.2) is 6.10 Å². The molecule has 0 amide bonds. The van der Waals surface area contributed by atoms with Crippen molar-refractivity contribution in [3.05, 3.63) is 0 Å². The first-order valence-corrected chi connectivity index (χ1v) is 3.20. The Morgan fingerprint density at radius 2 is 2.50 bits per heavy atom. The number of methoxy groups -OCH3 is 1. The van der Waals surface area contributed by atoms with Gasteiger partial charge in [0.2, 0.25) is 0 Å². The molecule has 1 fully saturated rings. The summed E-state index contributed by atoms with van der Waals surface area (Å²) in [6.07, 6.45) is 0.199. The van der Waals surface area contributed by atoms with E-state index >= 15 is 0 Å². The Balaban J connectivity index is 2.46. The van der Waals surface area contributed by atoms with E-state index in [4.69, 9.17) is 10.5 Å². The second kappa shape index (κ2) is 2.98. The minimum atomic E-state index is -0.537. The van der Waals surface area contributed by atoms with Gasteiger partial charge in [-0.05, 0) is 6.42 Å². The molecule has 0 unspecified atom stereocenters. The summed E-state index contributed by atoms with van der Waals surface area (Å²) in [5.41, 5.74) is 5.53. The van der Waals surface area contributed by atoms with Gasteiger partial charge in [0.1, 0.15) is 0 Å². The summed E-state index contributed by atoms with van der Waals surface area (Å²) in [5, 5.41) is 0. The second-order valence-electron chi connectivity index (χ2n) is 2.27. The third-order valence-electron chi connectivity index (χ3n) is 1.57. The smallest absolute Gasteiger partial charge is 0.336 e. The van der Waals surface area contributed by atoms with Gasteiger partial charge in [0, 0.05) is 12.6 Å². The van der Waals surface area contributed by atoms with Crippen LogP contribution in [-0.4, -0.2) is 31.8 Å². The topological polar surface area (TPSA) is 61.5 Å². The average Bonchev–Trinajstić information content (AvgIpc) is 2.34. The molecular formula is C6H11NO3. The van der Waals surface area contributed by atoms with Gasteiger partial charge in [-0.2, -0.15) is 0 Å². The van der Waals surface area contributed by atoms with Crippen LogP contribution in [0.5, 0.6) is 0 Å². The van der Waals surface area contributed by atoms with Crippen molar-refractivity contribution >= 4 is 5.97 Å². The van der Waals surface area contributed by atoms with Crippen molar-refractivity contribution in [1.82, 2.24) is 0 Å². The van der Waals surface area contributed by atoms with Crippen LogP contribution in [0, 0.1) is 0 Å². The number of rotatable bonds is 1. The second-order valence-corrected chi connectivity index (χ2v) is 2.27. The number of nitrogens with two attached hydrogens (primary N) is 1. The van der Waals surface area contributed by atoms with Gasteiger partial charge < -0.3 is 15.2 Å². The fraction of sp³-hybridized carbons (Fsp3) is 0.833. The van der Waals surface area contributed by atoms with Crippen molar-refractivity contribution < 1.29 is 14.3 Å². The van der Waals surface area contributed by atoms with Crippen LogP contribution >= 0.6 is 0 Å². The highest BCUT2D eigenvalue weighted by Gasteiger charge is 2.31. The van der Waals surface area contributed by atoms with E-state index in [1.54, 1.807) is 0 Å². The van der Waals surface area contributed by atoms with E-state index in [2.05, 4.69) is 4.74 Å². The van der Waals surface area contributed by atoms with E-state index in [1.807, 2.05) is 0 Å². The van der Waals surface area contributed by atoms with Crippen LogP contribution in [0.2, 0.25) is 0 Å². The molecule has 0 bridgehead atoms. The van der Waals surface area contributed by atoms with Crippen molar-refractivity contribution in [2.24, 2.45) is 5.73 Å². The Kier molecular flexibility index (Phi) is 2.24. The molecule has 1 aliphatic heterocycles. The van der Waals surface area contributed by atoms with Gasteiger partial charge in [-0.3, -0.25) is 0 Å². The van der Waals surface area contributed by atoms with Crippen LogP contribution in [-0.2, 0) is 14.3 Å². The molecule has 1 heterocycles. The van der Waals surface area contributed by atoms with E-state index < -0.39 is 6.10 Å². The van der Waals surface area contributed by atoms with Crippen molar-refractivity contribution in [2.45, 2.75) is 18.6 Å². The Morgan fingerprint density at radius 1 is 1.80 bits per heavy atom. The van der Waals surface area contributed by atoms with Crippen LogP contribution < -0.4 is 5.73 Å². The van der Waals surface area contributed by atoms with Crippen LogP contribution in [0.25, 0.3) is 0 Å². The Bertz CT molecular complexity index is 137. The predicted octanol–water partition coefficient (Wildman–Crippen LogP) is -0.724. The molecule has 0 aromatic heterocycles. The van der Waals surface area contributed by atoms with Crippen LogP contribution in [0.3, 0.4) is 0 Å². The van der Waals surface area contributed by atoms with Gasteiger partial charge in [-0.1, -0.05) is 0 Å². The lowest BCUT2D eigenvalue weighted by Crippen LogP contribution is -2.37. The van der Waals surface area contributed by atoms with Crippen molar-refractivity contribution in [1.29, 1.82) is 0 Å². The van der Waals surface area contributed by atoms with E-state index in [0.29, 0.717) is 6.61 Å². The maximum Gasteiger partial charge on any atom is 0.336 e. The maximum absolute atomic E-state index is 10.8. The zero-order valence-corrected chi connectivity index (χ0v) is 5.87. The zero-order chi connectivity index (χ0) is 7.56. The third kappa shape index (κ3) is 1.27. The van der Waals surface area contributed by atoms with E-state index in [1.165, 1.54) is 7.11 Å². The summed E-state index contributed by atoms with van der Waals surface area (Å²) in [6, 6.07) is -0.188. The lowest BCUT2D eigenvalue weighted by molar-refractivity contribution is -0.151. The molecule has 4 nitrogen and oxygen atoms in total. The normalized spacial score (nSPS) is 32.2. The molecule has 0 aromatic carbocycles. The van der Waals surface area contributed by atoms with Gasteiger partial charge in [0.25, 0.3) is 0 Å². The van der Waals surface area contributed by atoms with Crippen molar-refractivity contribution in [3.63, 3.8) is 0 Å². The zero-order valence-electron chi connectivity index (χ0n) is 5.87. The highest BCUT2D eigenvalue weighted by molar-refractivity contribution is 5.75. The number of carbonyl (C=O) groups excluding carboxylic acids is 1. The van der Waals surface area contributed by atoms with E-state index in [-0.39, 0.29) is 12.0 Å². The molecule has 2 atom stereocenters. The van der Waals surface area contributed by atoms with Gasteiger partial charge >= 0.3 is 5.97 Å². The highest BCUT2D eigenvalue weighted by atomic mass is 16.6. The van der Waals surface area contributed by atoms with Gasteiger partial charge in [-0.15, -0.1) is 0 Å². The highest BCUT2D eigenvalue weighted by Crippen LogP contribution is 2.11. The molecule has 0 aliphatic carbocycles. The van der Waals surface area contributed by atoms with Crippen molar-refractivity contribution in [2.75, 3.05) is 13.7 Å². The molecular weight excluding hydrogens is 134 g/mol. The SMILES string of the molecule is COC(=O)[C@@H]1OCC[C@@H]1N. The molecule has 0 saturated carbocycles. The maximum atomic E-state index is 10.8. The lowest BCUT2D eigenvalue weighted by Gasteiger charge is -2.10. The Morgan fingerprint density at radius 3 is 2.90 bits per heavy atom. The fourth-order valence-electron chi connectivity index (χ4n) is 0.965. The molecule has 4 heteroatoms. The van der Waals surface area contributed by atoms with Gasteiger partial charge in [0.05, 0.1) is 7.11 Å². The first-order chi connectivity index (χ1) is 4.75. The average molecular weight is 145 g/mol. The molecule has 2 N–H and O–H groups in total. The summed E-state index contributed by atoms with van der Waals surface area (Å²) in [7, 11) is 1.33. The fourth-order valence-corrected chi connectivity index (χ4v) is 0.965. The Labute approximate surface area is 59.3 Å². The number of ether oxygens (including phenoxy) is 2. The molecule has 0 radical (unpaired) electrons. The summed E-state index contributed by atoms with van der Waals surface area (Å²) in [5.74, 6) is -0.370. The largest absolute Gasteiger partial charge is 0.467 e. The molecule has 1 aliphatic rings. The van der Waals surface area contributed by atoms with Gasteiger partial charge in [-0.25, -0.2) is 4.79 Å². The molecule has 0 aromatic rings. The molecule has 0 spiro atoms. The minimum absolute atomic E-state index is 0.188. The molecule has 1 saturated heterocycles. The number of carbonyl (C=O) groups is 1. The summed E-state index contributed by atoms with van der Waals surface area (Å²) < 4.78 is 9.48.